The van der Waals surface area contributed by atoms with Gasteiger partial charge < -0.3 is 26.0 Å². The standard InChI is InChI=1S/C35H47ClN5O8PS/c1-24(27-12-16-32(30(21-27)34(38)42)47-22-26-8-4-3-5-9-26)39-35(43)31(37)20-25-10-13-28(14-11-25)49-50(46,40(2)19-7-6-18-36)48-23-29-15-17-33(51-29)41(44)45/h10-17,21,24,26,31H,3-9,18-20,22-23,37H2,1-2H3,(H2,38,42)(H,39,43). The number of hydrogen-bond donors (Lipinski definition) is 3. The Labute approximate surface area is 307 Å². The molecule has 4 rings (SSSR count). The van der Waals surface area contributed by atoms with E-state index in [1.54, 1.807) is 62.5 Å². The Hall–Kier alpha value is -3.52. The summed E-state index contributed by atoms with van der Waals surface area (Å²) in [6.07, 6.45) is 7.44. The summed E-state index contributed by atoms with van der Waals surface area (Å²) < 4.78 is 33.1. The molecule has 1 aliphatic rings. The minimum absolute atomic E-state index is 0.0435. The number of benzene rings is 2. The number of thiophene rings is 1. The first-order chi connectivity index (χ1) is 24.4. The zero-order valence-electron chi connectivity index (χ0n) is 29.0. The van der Waals surface area contributed by atoms with Crippen LogP contribution in [0.3, 0.4) is 0 Å². The lowest BCUT2D eigenvalue weighted by Crippen LogP contribution is -2.43. The first-order valence-electron chi connectivity index (χ1n) is 17.0. The van der Waals surface area contributed by atoms with Crippen LogP contribution in [0.1, 0.15) is 84.3 Å². The molecule has 0 saturated heterocycles. The highest BCUT2D eigenvalue weighted by molar-refractivity contribution is 7.51. The van der Waals surface area contributed by atoms with E-state index in [0.717, 1.165) is 29.7 Å². The second kappa shape index (κ2) is 19.4. The highest BCUT2D eigenvalue weighted by Gasteiger charge is 2.33. The second-order valence-corrected chi connectivity index (χ2v) is 16.3. The average Bonchev–Trinajstić information content (AvgIpc) is 3.61. The Balaban J connectivity index is 1.34. The van der Waals surface area contributed by atoms with Gasteiger partial charge in [-0.25, -0.2) is 9.24 Å². The predicted molar refractivity (Wildman–Crippen MR) is 198 cm³/mol. The molecule has 0 spiro atoms. The van der Waals surface area contributed by atoms with E-state index in [-0.39, 0.29) is 35.2 Å². The number of nitro groups is 1. The van der Waals surface area contributed by atoms with Gasteiger partial charge >= 0.3 is 12.7 Å². The van der Waals surface area contributed by atoms with Crippen LogP contribution >= 0.6 is 30.7 Å². The van der Waals surface area contributed by atoms with E-state index >= 15 is 0 Å². The molecule has 0 aliphatic heterocycles. The molecular formula is C35H47ClN5O8PS. The third-order valence-corrected chi connectivity index (χ3v) is 12.0. The van der Waals surface area contributed by atoms with E-state index in [2.05, 4.69) is 5.32 Å². The van der Waals surface area contributed by atoms with Gasteiger partial charge in [-0.2, -0.15) is 0 Å². The molecule has 2 amide bonds. The highest BCUT2D eigenvalue weighted by Crippen LogP contribution is 2.52. The summed E-state index contributed by atoms with van der Waals surface area (Å²) in [4.78, 5) is 36.5. The zero-order chi connectivity index (χ0) is 37.0. The number of carbonyl (C=O) groups excluding carboxylic acids is 2. The highest BCUT2D eigenvalue weighted by atomic mass is 35.5. The Kier molecular flexibility index (Phi) is 15.3. The maximum Gasteiger partial charge on any atom is 0.461 e. The van der Waals surface area contributed by atoms with Crippen molar-refractivity contribution in [3.8, 4) is 11.5 Å². The number of carbonyl (C=O) groups is 2. The lowest BCUT2D eigenvalue weighted by molar-refractivity contribution is -0.380. The summed E-state index contributed by atoms with van der Waals surface area (Å²) in [6.45, 7) is 2.58. The third-order valence-electron chi connectivity index (χ3n) is 8.74. The van der Waals surface area contributed by atoms with Crippen LogP contribution in [-0.4, -0.2) is 53.5 Å². The van der Waals surface area contributed by atoms with Crippen LogP contribution < -0.4 is 26.0 Å². The van der Waals surface area contributed by atoms with Gasteiger partial charge in [0.1, 0.15) is 11.5 Å². The van der Waals surface area contributed by atoms with Gasteiger partial charge in [-0.15, -0.1) is 11.6 Å². The molecule has 3 aromatic rings. The molecule has 1 aromatic heterocycles. The van der Waals surface area contributed by atoms with Gasteiger partial charge in [0.15, 0.2) is 0 Å². The van der Waals surface area contributed by atoms with Crippen molar-refractivity contribution in [2.45, 2.75) is 77.0 Å². The van der Waals surface area contributed by atoms with Crippen molar-refractivity contribution in [1.29, 1.82) is 0 Å². The molecule has 0 bridgehead atoms. The Morgan fingerprint density at radius 1 is 1.12 bits per heavy atom. The van der Waals surface area contributed by atoms with E-state index in [0.29, 0.717) is 54.0 Å². The van der Waals surface area contributed by atoms with Crippen LogP contribution in [0.2, 0.25) is 0 Å². The monoisotopic (exact) mass is 763 g/mol. The predicted octanol–water partition coefficient (Wildman–Crippen LogP) is 7.12. The average molecular weight is 764 g/mol. The van der Waals surface area contributed by atoms with Crippen LogP contribution in [0.25, 0.3) is 0 Å². The Morgan fingerprint density at radius 2 is 1.84 bits per heavy atom. The van der Waals surface area contributed by atoms with Crippen molar-refractivity contribution >= 4 is 47.5 Å². The largest absolute Gasteiger partial charge is 0.492 e. The van der Waals surface area contributed by atoms with Gasteiger partial charge in [0, 0.05) is 23.4 Å². The number of alkyl halides is 1. The minimum atomic E-state index is -3.88. The fourth-order valence-corrected chi connectivity index (χ4v) is 8.18. The topological polar surface area (TPSA) is 189 Å². The fraction of sp³-hybridized carbons (Fsp3) is 0.486. The van der Waals surface area contributed by atoms with Crippen molar-refractivity contribution in [1.82, 2.24) is 9.99 Å². The summed E-state index contributed by atoms with van der Waals surface area (Å²) in [7, 11) is -2.26. The molecule has 3 atom stereocenters. The molecule has 2 aromatic carbocycles. The van der Waals surface area contributed by atoms with Gasteiger partial charge in [0.25, 0.3) is 5.91 Å². The molecule has 278 valence electrons. The van der Waals surface area contributed by atoms with Gasteiger partial charge in [-0.3, -0.25) is 24.2 Å². The molecule has 1 saturated carbocycles. The number of primary amides is 1. The number of unbranched alkanes of at least 4 members (excludes halogenated alkanes) is 1. The van der Waals surface area contributed by atoms with Crippen LogP contribution in [-0.2, 0) is 26.9 Å². The maximum atomic E-state index is 14.0. The molecular weight excluding hydrogens is 717 g/mol. The van der Waals surface area contributed by atoms with Gasteiger partial charge in [-0.05, 0) is 93.5 Å². The number of nitrogens with two attached hydrogens (primary N) is 2. The van der Waals surface area contributed by atoms with E-state index < -0.39 is 30.7 Å². The number of hydrogen-bond acceptors (Lipinski definition) is 10. The minimum Gasteiger partial charge on any atom is -0.492 e. The van der Waals surface area contributed by atoms with Gasteiger partial charge in [0.05, 0.1) is 35.8 Å². The fourth-order valence-electron chi connectivity index (χ4n) is 5.71. The summed E-state index contributed by atoms with van der Waals surface area (Å²) in [5.41, 5.74) is 13.7. The first kappa shape index (κ1) is 40.3. The van der Waals surface area contributed by atoms with Crippen molar-refractivity contribution in [3.05, 3.63) is 86.3 Å². The lowest BCUT2D eigenvalue weighted by Gasteiger charge is -2.27. The molecule has 0 radical (unpaired) electrons. The van der Waals surface area contributed by atoms with Gasteiger partial charge in [0.2, 0.25) is 5.91 Å². The van der Waals surface area contributed by atoms with Crippen LogP contribution in [0.5, 0.6) is 11.5 Å². The Bertz CT molecular complexity index is 1670. The van der Waals surface area contributed by atoms with Crippen molar-refractivity contribution in [2.75, 3.05) is 26.1 Å². The molecule has 1 fully saturated rings. The first-order valence-corrected chi connectivity index (χ1v) is 19.9. The molecule has 1 aliphatic carbocycles. The van der Waals surface area contributed by atoms with E-state index in [1.807, 2.05) is 0 Å². The molecule has 13 nitrogen and oxygen atoms in total. The normalized spacial score (nSPS) is 15.9. The molecule has 5 N–H and O–H groups in total. The van der Waals surface area contributed by atoms with E-state index in [4.69, 9.17) is 36.9 Å². The second-order valence-electron chi connectivity index (χ2n) is 12.7. The zero-order valence-corrected chi connectivity index (χ0v) is 31.4. The lowest BCUT2D eigenvalue weighted by atomic mass is 9.90. The molecule has 1 heterocycles. The van der Waals surface area contributed by atoms with Crippen molar-refractivity contribution in [2.24, 2.45) is 17.4 Å². The SMILES string of the molecule is CC(NC(=O)C(N)Cc1ccc(OP(=O)(OCc2ccc([N+](=O)[O-])s2)N(C)CCCCCl)cc1)c1ccc(OCC2CCCCC2)c(C(N)=O)c1. The van der Waals surface area contributed by atoms with E-state index in [9.17, 15) is 24.3 Å². The number of nitrogens with zero attached hydrogens (tertiary/aromatic N) is 2. The van der Waals surface area contributed by atoms with Crippen LogP contribution in [0.4, 0.5) is 5.00 Å². The van der Waals surface area contributed by atoms with E-state index in [1.165, 1.54) is 30.0 Å². The summed E-state index contributed by atoms with van der Waals surface area (Å²) in [5, 5.41) is 13.9. The Morgan fingerprint density at radius 3 is 2.49 bits per heavy atom. The van der Waals surface area contributed by atoms with Gasteiger partial charge in [-0.1, -0.05) is 48.8 Å². The summed E-state index contributed by atoms with van der Waals surface area (Å²) >= 11 is 6.75. The third kappa shape index (κ3) is 12.0. The molecule has 16 heteroatoms. The maximum absolute atomic E-state index is 14.0. The quantitative estimate of drug-likeness (QED) is 0.0351. The number of nitrogens with one attached hydrogen (secondary N) is 1. The van der Waals surface area contributed by atoms with Crippen LogP contribution in [0.15, 0.2) is 54.6 Å². The number of rotatable bonds is 20. The van der Waals surface area contributed by atoms with Crippen LogP contribution in [0, 0.1) is 16.0 Å². The molecule has 3 unspecified atom stereocenters. The number of amides is 2. The summed E-state index contributed by atoms with van der Waals surface area (Å²) in [6, 6.07) is 13.4. The number of ether oxygens (including phenoxy) is 1. The van der Waals surface area contributed by atoms with Crippen molar-refractivity contribution < 1.29 is 32.9 Å². The molecule has 51 heavy (non-hydrogen) atoms. The summed E-state index contributed by atoms with van der Waals surface area (Å²) in [5.74, 6) is 0.644. The smallest absolute Gasteiger partial charge is 0.461 e. The number of halogens is 1. The van der Waals surface area contributed by atoms with Crippen molar-refractivity contribution in [3.63, 3.8) is 0 Å².